The maximum absolute atomic E-state index is 5.10. The summed E-state index contributed by atoms with van der Waals surface area (Å²) in [7, 11) is 0. The molecule has 5 heterocycles. The highest BCUT2D eigenvalue weighted by Gasteiger charge is 2.38. The van der Waals surface area contributed by atoms with Gasteiger partial charge in [0, 0.05) is 30.1 Å². The number of allylic oxidation sites excluding steroid dienone is 1. The zero-order valence-electron chi connectivity index (χ0n) is 20.5. The van der Waals surface area contributed by atoms with Gasteiger partial charge in [0.15, 0.2) is 11.9 Å². The van der Waals surface area contributed by atoms with Gasteiger partial charge in [0.25, 0.3) is 0 Å². The highest BCUT2D eigenvalue weighted by atomic mass is 15.3. The maximum atomic E-state index is 5.10. The van der Waals surface area contributed by atoms with Crippen molar-refractivity contribution >= 4 is 35.0 Å². The molecule has 0 saturated carbocycles. The molecule has 0 radical (unpaired) electrons. The van der Waals surface area contributed by atoms with Crippen LogP contribution in [0.3, 0.4) is 0 Å². The van der Waals surface area contributed by atoms with Gasteiger partial charge in [-0.15, -0.1) is 0 Å². The molecule has 4 N–H and O–H groups in total. The molecule has 0 bridgehead atoms. The van der Waals surface area contributed by atoms with E-state index in [1.807, 2.05) is 79.2 Å². The van der Waals surface area contributed by atoms with E-state index in [4.69, 9.17) is 14.7 Å². The van der Waals surface area contributed by atoms with Crippen LogP contribution in [0.1, 0.15) is 17.3 Å². The van der Waals surface area contributed by atoms with E-state index < -0.39 is 0 Å². The third-order valence-electron chi connectivity index (χ3n) is 6.93. The molecule has 5 aliphatic rings. The van der Waals surface area contributed by atoms with Gasteiger partial charge in [0.05, 0.1) is 17.5 Å². The summed E-state index contributed by atoms with van der Waals surface area (Å²) in [6, 6.07) is 20.4. The Morgan fingerprint density at radius 1 is 0.921 bits per heavy atom. The van der Waals surface area contributed by atoms with Gasteiger partial charge in [0.2, 0.25) is 6.17 Å². The first-order valence-corrected chi connectivity index (χ1v) is 12.7. The first kappa shape index (κ1) is 22.4. The van der Waals surface area contributed by atoms with Gasteiger partial charge in [-0.2, -0.15) is 4.99 Å². The number of nitrogens with one attached hydrogen (secondary N) is 2. The van der Waals surface area contributed by atoms with Crippen molar-refractivity contribution in [1.29, 1.82) is 0 Å². The number of hydrogen-bond acceptors (Lipinski definition) is 6. The van der Waals surface area contributed by atoms with Gasteiger partial charge in [-0.25, -0.2) is 4.99 Å². The monoisotopic (exact) mass is 498 g/mol. The molecular weight excluding hydrogens is 472 g/mol. The molecule has 0 fully saturated rings. The number of aliphatic imine (C=N–C) groups is 4. The zero-order chi connectivity index (χ0) is 25.3. The van der Waals surface area contributed by atoms with Gasteiger partial charge in [0.1, 0.15) is 6.17 Å². The van der Waals surface area contributed by atoms with Crippen LogP contribution >= 0.6 is 0 Å². The van der Waals surface area contributed by atoms with Crippen molar-refractivity contribution in [2.24, 2.45) is 20.0 Å². The van der Waals surface area contributed by atoms with Crippen molar-refractivity contribution in [2.75, 3.05) is 0 Å². The smallest absolute Gasteiger partial charge is 0.363 e. The number of nitrogens with zero attached hydrogens (tertiary/aromatic N) is 5. The number of quaternary nitrogens is 1. The van der Waals surface area contributed by atoms with Crippen LogP contribution in [0.25, 0.3) is 0 Å². The number of hydrogen-bond donors (Lipinski definition) is 3. The predicted octanol–water partition coefficient (Wildman–Crippen LogP) is 1.38. The van der Waals surface area contributed by atoms with Gasteiger partial charge >= 0.3 is 17.3 Å². The lowest BCUT2D eigenvalue weighted by Crippen LogP contribution is -2.96. The average Bonchev–Trinajstić information content (AvgIpc) is 3.66. The normalized spacial score (nSPS) is 27.1. The lowest BCUT2D eigenvalue weighted by molar-refractivity contribution is -0.568. The van der Waals surface area contributed by atoms with Crippen LogP contribution in [0.5, 0.6) is 0 Å². The van der Waals surface area contributed by atoms with Gasteiger partial charge in [-0.3, -0.25) is 20.6 Å². The Labute approximate surface area is 220 Å². The summed E-state index contributed by atoms with van der Waals surface area (Å²) in [6.07, 6.45) is 15.6. The van der Waals surface area contributed by atoms with E-state index in [1.165, 1.54) is 0 Å². The summed E-state index contributed by atoms with van der Waals surface area (Å²) in [4.78, 5) is 19.0. The van der Waals surface area contributed by atoms with Crippen LogP contribution in [0.4, 0.5) is 0 Å². The van der Waals surface area contributed by atoms with Gasteiger partial charge in [-0.1, -0.05) is 65.3 Å². The largest absolute Gasteiger partial charge is 0.408 e. The molecule has 8 nitrogen and oxygen atoms in total. The molecular formula is C30H26N8+2. The molecule has 0 aromatic heterocycles. The molecule has 7 rings (SSSR count). The van der Waals surface area contributed by atoms with Crippen LogP contribution in [-0.2, 0) is 0 Å². The molecule has 2 aromatic rings. The SMILES string of the molecule is C1=CC(C2=[N+]=C(C3=NC(c4ccccc4)=NC(C4=CC(C5=NC=C5)NC(c5ccccc5)N4)[NH2+]3)C=C2)N=C1. The third kappa shape index (κ3) is 4.33. The van der Waals surface area contributed by atoms with E-state index in [0.29, 0.717) is 5.84 Å². The van der Waals surface area contributed by atoms with Crippen LogP contribution < -0.4 is 20.6 Å². The first-order valence-electron chi connectivity index (χ1n) is 12.7. The third-order valence-corrected chi connectivity index (χ3v) is 6.93. The molecule has 0 spiro atoms. The molecule has 38 heavy (non-hydrogen) atoms. The molecule has 0 amide bonds. The number of benzene rings is 2. The minimum atomic E-state index is -0.261. The summed E-state index contributed by atoms with van der Waals surface area (Å²) in [5.74, 6) is 1.49. The number of nitrogens with two attached hydrogens (primary N) is 1. The molecule has 5 aliphatic heterocycles. The summed E-state index contributed by atoms with van der Waals surface area (Å²) in [5, 5.41) is 9.45. The van der Waals surface area contributed by atoms with Crippen molar-refractivity contribution in [3.05, 3.63) is 120 Å². The Kier molecular flexibility index (Phi) is 5.68. The Bertz CT molecular complexity index is 1570. The second-order valence-electron chi connectivity index (χ2n) is 9.43. The second-order valence-corrected chi connectivity index (χ2v) is 9.43. The van der Waals surface area contributed by atoms with E-state index >= 15 is 0 Å². The summed E-state index contributed by atoms with van der Waals surface area (Å²) in [5.41, 5.74) is 5.86. The highest BCUT2D eigenvalue weighted by Crippen LogP contribution is 2.21. The lowest BCUT2D eigenvalue weighted by Gasteiger charge is -2.34. The van der Waals surface area contributed by atoms with Crippen LogP contribution in [0.2, 0.25) is 0 Å². The van der Waals surface area contributed by atoms with Crippen LogP contribution in [0, 0.1) is 0 Å². The summed E-state index contributed by atoms with van der Waals surface area (Å²) < 4.78 is 4.89. The van der Waals surface area contributed by atoms with Gasteiger partial charge in [-0.05, 0) is 29.9 Å². The summed E-state index contributed by atoms with van der Waals surface area (Å²) in [6.45, 7) is 0. The lowest BCUT2D eigenvalue weighted by atomic mass is 10.0. The maximum Gasteiger partial charge on any atom is 0.408 e. The molecule has 0 aliphatic carbocycles. The fraction of sp³-hybridized carbons (Fsp3) is 0.133. The van der Waals surface area contributed by atoms with Crippen LogP contribution in [-0.4, -0.2) is 53.3 Å². The minimum absolute atomic E-state index is 0.0248. The van der Waals surface area contributed by atoms with E-state index in [1.54, 1.807) is 0 Å². The standard InChI is InChI=1S/C30H25N8/c1-3-8-19(9-4-1)27-34-25(22-15-17-32-22)18-26(35-27)30-37-28(20-10-5-2-6-11-20)36-29(38-30)24-14-13-23(33-24)21-12-7-16-31-21/h1-18,21,25,27,30,34-35H,(H,36,37,38)/q+1/p+1. The quantitative estimate of drug-likeness (QED) is 0.524. The average molecular weight is 499 g/mol. The minimum Gasteiger partial charge on any atom is -0.363 e. The fourth-order valence-electron chi connectivity index (χ4n) is 4.92. The fourth-order valence-corrected chi connectivity index (χ4v) is 4.92. The summed E-state index contributed by atoms with van der Waals surface area (Å²) >= 11 is 0. The van der Waals surface area contributed by atoms with Crippen molar-refractivity contribution in [3.8, 4) is 0 Å². The van der Waals surface area contributed by atoms with Crippen molar-refractivity contribution in [3.63, 3.8) is 0 Å². The number of amidine groups is 2. The highest BCUT2D eigenvalue weighted by molar-refractivity contribution is 6.46. The van der Waals surface area contributed by atoms with E-state index in [9.17, 15) is 0 Å². The van der Waals surface area contributed by atoms with E-state index in [2.05, 4.69) is 56.3 Å². The van der Waals surface area contributed by atoms with Crippen molar-refractivity contribution in [1.82, 2.24) is 15.3 Å². The molecule has 2 aromatic carbocycles. The molecule has 184 valence electrons. The Hall–Kier alpha value is -4.75. The first-order chi connectivity index (χ1) is 18.8. The topological polar surface area (TPSA) is 104 Å². The van der Waals surface area contributed by atoms with E-state index in [0.717, 1.165) is 39.8 Å². The predicted molar refractivity (Wildman–Crippen MR) is 153 cm³/mol. The van der Waals surface area contributed by atoms with E-state index in [-0.39, 0.29) is 24.4 Å². The number of rotatable bonds is 6. The second kappa shape index (κ2) is 9.61. The van der Waals surface area contributed by atoms with Gasteiger partial charge < -0.3 is 5.32 Å². The van der Waals surface area contributed by atoms with Crippen molar-refractivity contribution < 1.29 is 5.32 Å². The Morgan fingerprint density at radius 2 is 1.74 bits per heavy atom. The molecule has 4 unspecified atom stereocenters. The Morgan fingerprint density at radius 3 is 2.47 bits per heavy atom. The molecule has 8 heteroatoms. The molecule has 4 atom stereocenters. The van der Waals surface area contributed by atoms with Crippen molar-refractivity contribution in [2.45, 2.75) is 24.4 Å². The van der Waals surface area contributed by atoms with Crippen LogP contribution in [0.15, 0.2) is 129 Å². The molecule has 0 saturated heterocycles. The zero-order valence-corrected chi connectivity index (χ0v) is 20.5. The Balaban J connectivity index is 1.27.